The number of amides is 2. The van der Waals surface area contributed by atoms with Crippen LogP contribution in [0.1, 0.15) is 31.8 Å². The van der Waals surface area contributed by atoms with Crippen LogP contribution in [0.5, 0.6) is 0 Å². The van der Waals surface area contributed by atoms with Gasteiger partial charge in [0.25, 0.3) is 11.8 Å². The van der Waals surface area contributed by atoms with E-state index in [-0.39, 0.29) is 17.3 Å². The van der Waals surface area contributed by atoms with Crippen LogP contribution in [0.4, 0.5) is 10.1 Å². The average molecular weight is 569 g/mol. The molecule has 2 amide bonds. The van der Waals surface area contributed by atoms with Crippen LogP contribution in [-0.4, -0.2) is 17.6 Å². The second-order valence-electron chi connectivity index (χ2n) is 8.21. The summed E-state index contributed by atoms with van der Waals surface area (Å²) in [6.07, 6.45) is 4.59. The lowest BCUT2D eigenvalue weighted by molar-refractivity contribution is -0.113. The lowest BCUT2D eigenvalue weighted by Gasteiger charge is -2.12. The molecule has 0 aliphatic rings. The number of carbonyl (C=O) groups excluding carboxylic acids is 3. The quantitative estimate of drug-likeness (QED) is 0.179. The number of nitrogens with one attached hydrogen (secondary N) is 2. The molecule has 188 valence electrons. The molecule has 0 radical (unpaired) electrons. The fraction of sp³-hybridized carbons (Fsp3) is 0. The number of benzene rings is 4. The van der Waals surface area contributed by atoms with E-state index >= 15 is 0 Å². The van der Waals surface area contributed by atoms with Gasteiger partial charge in [0.1, 0.15) is 11.5 Å². The van der Waals surface area contributed by atoms with Gasteiger partial charge in [-0.25, -0.2) is 4.39 Å². The molecule has 0 bridgehead atoms. The number of ketones is 1. The van der Waals surface area contributed by atoms with Gasteiger partial charge in [-0.05, 0) is 83.9 Å². The first kappa shape index (κ1) is 26.4. The van der Waals surface area contributed by atoms with Crippen LogP contribution in [0.15, 0.2) is 119 Å². The fourth-order valence-electron chi connectivity index (χ4n) is 3.46. The highest BCUT2D eigenvalue weighted by Gasteiger charge is 2.15. The van der Waals surface area contributed by atoms with E-state index in [0.717, 1.165) is 4.47 Å². The summed E-state index contributed by atoms with van der Waals surface area (Å²) in [6, 6.07) is 28.1. The second-order valence-corrected chi connectivity index (χ2v) is 9.13. The molecular formula is C31H22BrFN2O3. The fourth-order valence-corrected chi connectivity index (χ4v) is 3.88. The van der Waals surface area contributed by atoms with E-state index in [1.807, 2.05) is 24.3 Å². The molecule has 0 aromatic heterocycles. The monoisotopic (exact) mass is 568 g/mol. The first-order chi connectivity index (χ1) is 18.4. The zero-order chi connectivity index (χ0) is 26.9. The van der Waals surface area contributed by atoms with Crippen LogP contribution in [0, 0.1) is 5.82 Å². The highest BCUT2D eigenvalue weighted by molar-refractivity contribution is 9.10. The van der Waals surface area contributed by atoms with Gasteiger partial charge in [0.05, 0.1) is 0 Å². The van der Waals surface area contributed by atoms with Gasteiger partial charge in [-0.2, -0.15) is 0 Å². The van der Waals surface area contributed by atoms with Gasteiger partial charge in [0.2, 0.25) is 0 Å². The summed E-state index contributed by atoms with van der Waals surface area (Å²) in [5, 5.41) is 5.46. The standard InChI is InChI=1S/C31H22BrFN2O3/c32-25-8-4-5-22(19-25)20-28(35-30(37)24-6-2-1-3-7-24)31(38)34-27-16-12-23(13-17-27)29(36)18-11-21-9-14-26(33)15-10-21/h1-20H,(H,34,38)(H,35,37)/b18-11+,28-20-. The highest BCUT2D eigenvalue weighted by atomic mass is 79.9. The van der Waals surface area contributed by atoms with Crippen molar-refractivity contribution in [3.63, 3.8) is 0 Å². The van der Waals surface area contributed by atoms with Gasteiger partial charge in [-0.1, -0.05) is 64.5 Å². The molecule has 0 fully saturated rings. The maximum Gasteiger partial charge on any atom is 0.272 e. The highest BCUT2D eigenvalue weighted by Crippen LogP contribution is 2.17. The zero-order valence-corrected chi connectivity index (χ0v) is 21.6. The van der Waals surface area contributed by atoms with Crippen molar-refractivity contribution in [2.75, 3.05) is 5.32 Å². The summed E-state index contributed by atoms with van der Waals surface area (Å²) >= 11 is 3.41. The van der Waals surface area contributed by atoms with Crippen molar-refractivity contribution in [3.05, 3.63) is 147 Å². The molecule has 0 heterocycles. The van der Waals surface area contributed by atoms with Crippen molar-refractivity contribution in [2.45, 2.75) is 0 Å². The maximum absolute atomic E-state index is 13.2. The van der Waals surface area contributed by atoms with Crippen LogP contribution in [0.25, 0.3) is 12.2 Å². The van der Waals surface area contributed by atoms with Crippen LogP contribution < -0.4 is 10.6 Å². The van der Waals surface area contributed by atoms with Crippen molar-refractivity contribution in [2.24, 2.45) is 0 Å². The van der Waals surface area contributed by atoms with Crippen LogP contribution in [0.3, 0.4) is 0 Å². The molecule has 0 saturated carbocycles. The van der Waals surface area contributed by atoms with Gasteiger partial charge >= 0.3 is 0 Å². The summed E-state index contributed by atoms with van der Waals surface area (Å²) < 4.78 is 13.9. The van der Waals surface area contributed by atoms with Crippen molar-refractivity contribution < 1.29 is 18.8 Å². The third kappa shape index (κ3) is 7.44. The van der Waals surface area contributed by atoms with E-state index in [2.05, 4.69) is 26.6 Å². The minimum atomic E-state index is -0.524. The third-order valence-electron chi connectivity index (χ3n) is 5.41. The van der Waals surface area contributed by atoms with Gasteiger partial charge < -0.3 is 10.6 Å². The Morgan fingerprint density at radius 1 is 0.737 bits per heavy atom. The summed E-state index contributed by atoms with van der Waals surface area (Å²) in [4.78, 5) is 38.4. The summed E-state index contributed by atoms with van der Waals surface area (Å²) in [6.45, 7) is 0. The first-order valence-electron chi connectivity index (χ1n) is 11.6. The predicted octanol–water partition coefficient (Wildman–Crippen LogP) is 6.89. The molecular weight excluding hydrogens is 547 g/mol. The van der Waals surface area contributed by atoms with E-state index in [0.29, 0.717) is 27.9 Å². The third-order valence-corrected chi connectivity index (χ3v) is 5.91. The van der Waals surface area contributed by atoms with Crippen molar-refractivity contribution in [1.82, 2.24) is 5.32 Å². The summed E-state index contributed by atoms with van der Waals surface area (Å²) in [7, 11) is 0. The maximum atomic E-state index is 13.2. The minimum Gasteiger partial charge on any atom is -0.321 e. The Bertz CT molecular complexity index is 1510. The molecule has 4 rings (SSSR count). The van der Waals surface area contributed by atoms with Crippen molar-refractivity contribution in [1.29, 1.82) is 0 Å². The van der Waals surface area contributed by atoms with E-state index < -0.39 is 11.8 Å². The molecule has 2 N–H and O–H groups in total. The number of anilines is 1. The van der Waals surface area contributed by atoms with Gasteiger partial charge in [-0.3, -0.25) is 14.4 Å². The molecule has 4 aromatic rings. The normalized spacial score (nSPS) is 11.3. The van der Waals surface area contributed by atoms with Gasteiger partial charge in [-0.15, -0.1) is 0 Å². The summed E-state index contributed by atoms with van der Waals surface area (Å²) in [5.41, 5.74) is 2.75. The summed E-state index contributed by atoms with van der Waals surface area (Å²) in [5.74, 6) is -1.53. The smallest absolute Gasteiger partial charge is 0.272 e. The Kier molecular flexibility index (Phi) is 8.74. The predicted molar refractivity (Wildman–Crippen MR) is 151 cm³/mol. The minimum absolute atomic E-state index is 0.0549. The first-order valence-corrected chi connectivity index (χ1v) is 12.4. The number of hydrogen-bond donors (Lipinski definition) is 2. The van der Waals surface area contributed by atoms with Crippen LogP contribution in [0.2, 0.25) is 0 Å². The Morgan fingerprint density at radius 2 is 1.45 bits per heavy atom. The Hall–Kier alpha value is -4.62. The number of carbonyl (C=O) groups is 3. The molecule has 4 aromatic carbocycles. The molecule has 0 saturated heterocycles. The molecule has 7 heteroatoms. The SMILES string of the molecule is O=C(Nc1ccc(C(=O)/C=C/c2ccc(F)cc2)cc1)/C(=C/c1cccc(Br)c1)NC(=O)c1ccccc1. The lowest BCUT2D eigenvalue weighted by Crippen LogP contribution is -2.30. The van der Waals surface area contributed by atoms with Crippen molar-refractivity contribution >= 4 is 51.4 Å². The van der Waals surface area contributed by atoms with E-state index in [1.165, 1.54) is 18.2 Å². The average Bonchev–Trinajstić information content (AvgIpc) is 2.93. The molecule has 5 nitrogen and oxygen atoms in total. The molecule has 0 unspecified atom stereocenters. The molecule has 0 aliphatic heterocycles. The van der Waals surface area contributed by atoms with Crippen LogP contribution >= 0.6 is 15.9 Å². The van der Waals surface area contributed by atoms with E-state index in [9.17, 15) is 18.8 Å². The Balaban J connectivity index is 1.49. The van der Waals surface area contributed by atoms with Crippen molar-refractivity contribution in [3.8, 4) is 0 Å². The van der Waals surface area contributed by atoms with E-state index in [4.69, 9.17) is 0 Å². The van der Waals surface area contributed by atoms with Gasteiger partial charge in [0.15, 0.2) is 5.78 Å². The number of hydrogen-bond acceptors (Lipinski definition) is 3. The zero-order valence-electron chi connectivity index (χ0n) is 20.0. The lowest BCUT2D eigenvalue weighted by atomic mass is 10.1. The van der Waals surface area contributed by atoms with Gasteiger partial charge in [0, 0.05) is 21.3 Å². The van der Waals surface area contributed by atoms with E-state index in [1.54, 1.807) is 78.9 Å². The van der Waals surface area contributed by atoms with Crippen LogP contribution in [-0.2, 0) is 4.79 Å². The topological polar surface area (TPSA) is 75.3 Å². The number of rotatable bonds is 8. The largest absolute Gasteiger partial charge is 0.321 e. The second kappa shape index (κ2) is 12.6. The number of halogens is 2. The number of allylic oxidation sites excluding steroid dienone is 1. The molecule has 0 atom stereocenters. The molecule has 38 heavy (non-hydrogen) atoms. The molecule has 0 aliphatic carbocycles. The molecule has 0 spiro atoms. The Morgan fingerprint density at radius 3 is 2.13 bits per heavy atom. The Labute approximate surface area is 227 Å².